The summed E-state index contributed by atoms with van der Waals surface area (Å²) in [5, 5.41) is 0. The molecule has 0 spiro atoms. The number of allylic oxidation sites excluding steroid dienone is 1. The molecule has 3 rings (SSSR count). The van der Waals surface area contributed by atoms with Crippen LogP contribution in [0.4, 0.5) is 14.6 Å². The molecular formula is C19H26F2N4O. The first kappa shape index (κ1) is 18.6. The zero-order chi connectivity index (χ0) is 19.0. The van der Waals surface area contributed by atoms with Crippen LogP contribution in [0, 0.1) is 23.7 Å². The molecule has 1 aromatic heterocycles. The number of nitrogen functional groups attached to an aromatic ring is 1. The molecule has 0 aromatic carbocycles. The highest BCUT2D eigenvalue weighted by atomic mass is 19.3. The first-order valence-electron chi connectivity index (χ1n) is 9.03. The number of aliphatic imine (C=N–C) groups is 1. The quantitative estimate of drug-likeness (QED) is 0.754. The topological polar surface area (TPSA) is 86.5 Å². The molecule has 2 saturated carbocycles. The largest absolute Gasteiger partial charge is 0.431 e. The number of hydrogen-bond acceptors (Lipinski definition) is 5. The number of aromatic nitrogens is 1. The van der Waals surface area contributed by atoms with E-state index in [4.69, 9.17) is 16.5 Å². The zero-order valence-corrected chi connectivity index (χ0v) is 15.3. The number of rotatable bonds is 6. The maximum absolute atomic E-state index is 12.5. The second-order valence-corrected chi connectivity index (χ2v) is 7.55. The summed E-state index contributed by atoms with van der Waals surface area (Å²) >= 11 is 0. The molecule has 0 bridgehead atoms. The molecule has 7 heteroatoms. The highest BCUT2D eigenvalue weighted by molar-refractivity contribution is 6.04. The number of ether oxygens (including phenoxy) is 1. The fourth-order valence-electron chi connectivity index (χ4n) is 4.18. The lowest BCUT2D eigenvalue weighted by molar-refractivity contribution is -0.0495. The summed E-state index contributed by atoms with van der Waals surface area (Å²) in [6.45, 7) is 3.39. The Kier molecular flexibility index (Phi) is 5.16. The van der Waals surface area contributed by atoms with Crippen molar-refractivity contribution in [3.63, 3.8) is 0 Å². The van der Waals surface area contributed by atoms with Crippen molar-refractivity contribution < 1.29 is 13.5 Å². The Hall–Kier alpha value is -2.18. The monoisotopic (exact) mass is 364 g/mol. The summed E-state index contributed by atoms with van der Waals surface area (Å²) in [7, 11) is 0. The molecule has 1 aromatic rings. The lowest BCUT2D eigenvalue weighted by Gasteiger charge is -2.12. The van der Waals surface area contributed by atoms with Gasteiger partial charge in [0.15, 0.2) is 11.6 Å². The van der Waals surface area contributed by atoms with Gasteiger partial charge in [0.05, 0.1) is 0 Å². The van der Waals surface area contributed by atoms with Gasteiger partial charge in [-0.25, -0.2) is 4.98 Å². The third-order valence-electron chi connectivity index (χ3n) is 5.33. The van der Waals surface area contributed by atoms with Crippen molar-refractivity contribution in [2.45, 2.75) is 46.3 Å². The molecule has 0 radical (unpaired) electrons. The van der Waals surface area contributed by atoms with Crippen LogP contribution >= 0.6 is 0 Å². The minimum absolute atomic E-state index is 0.0940. The van der Waals surface area contributed by atoms with Crippen LogP contribution < -0.4 is 16.2 Å². The van der Waals surface area contributed by atoms with Gasteiger partial charge in [0.25, 0.3) is 0 Å². The Labute approximate surface area is 152 Å². The Bertz CT molecular complexity index is 732. The van der Waals surface area contributed by atoms with Gasteiger partial charge in [-0.05, 0) is 50.2 Å². The molecule has 0 amide bonds. The zero-order valence-electron chi connectivity index (χ0n) is 15.3. The third kappa shape index (κ3) is 3.81. The van der Waals surface area contributed by atoms with Gasteiger partial charge in [-0.1, -0.05) is 13.3 Å². The predicted molar refractivity (Wildman–Crippen MR) is 98.9 cm³/mol. The molecule has 0 aliphatic heterocycles. The van der Waals surface area contributed by atoms with Crippen molar-refractivity contribution in [2.24, 2.45) is 34.4 Å². The van der Waals surface area contributed by atoms with E-state index in [0.717, 1.165) is 5.71 Å². The average Bonchev–Trinajstić information content (AvgIpc) is 3.16. The van der Waals surface area contributed by atoms with Crippen molar-refractivity contribution >= 4 is 17.2 Å². The van der Waals surface area contributed by atoms with E-state index < -0.39 is 6.61 Å². The Morgan fingerprint density at radius 3 is 2.69 bits per heavy atom. The summed E-state index contributed by atoms with van der Waals surface area (Å²) in [6.07, 6.45) is 5.82. The van der Waals surface area contributed by atoms with Crippen LogP contribution in [0.1, 0.15) is 39.2 Å². The molecule has 5 nitrogen and oxygen atoms in total. The number of anilines is 1. The summed E-state index contributed by atoms with van der Waals surface area (Å²) < 4.78 is 29.4. The van der Waals surface area contributed by atoms with E-state index >= 15 is 0 Å². The molecule has 26 heavy (non-hydrogen) atoms. The Morgan fingerprint density at radius 2 is 2.12 bits per heavy atom. The molecular weight excluding hydrogens is 338 g/mol. The normalized spacial score (nSPS) is 28.6. The molecule has 1 unspecified atom stereocenters. The average molecular weight is 364 g/mol. The maximum Gasteiger partial charge on any atom is 0.387 e. The first-order chi connectivity index (χ1) is 12.3. The van der Waals surface area contributed by atoms with Crippen LogP contribution in [-0.2, 0) is 0 Å². The van der Waals surface area contributed by atoms with Gasteiger partial charge in [0.1, 0.15) is 0 Å². The molecule has 2 fully saturated rings. The van der Waals surface area contributed by atoms with Gasteiger partial charge in [0.2, 0.25) is 0 Å². The fourth-order valence-corrected chi connectivity index (χ4v) is 4.18. The van der Waals surface area contributed by atoms with Crippen LogP contribution in [0.3, 0.4) is 0 Å². The number of nitrogens with two attached hydrogens (primary N) is 2. The van der Waals surface area contributed by atoms with Crippen LogP contribution in [0.5, 0.6) is 5.75 Å². The third-order valence-corrected chi connectivity index (χ3v) is 5.33. The Morgan fingerprint density at radius 1 is 1.38 bits per heavy atom. The predicted octanol–water partition coefficient (Wildman–Crippen LogP) is 3.71. The number of alkyl halides is 2. The molecule has 2 aliphatic carbocycles. The van der Waals surface area contributed by atoms with E-state index in [-0.39, 0.29) is 17.6 Å². The lowest BCUT2D eigenvalue weighted by Crippen LogP contribution is -2.12. The van der Waals surface area contributed by atoms with Gasteiger partial charge >= 0.3 is 6.61 Å². The smallest absolute Gasteiger partial charge is 0.387 e. The maximum atomic E-state index is 12.5. The van der Waals surface area contributed by atoms with Gasteiger partial charge in [-0.2, -0.15) is 8.78 Å². The molecule has 4 atom stereocenters. The van der Waals surface area contributed by atoms with E-state index in [1.54, 1.807) is 0 Å². The number of halogens is 2. The fraction of sp³-hybridized carbons (Fsp3) is 0.579. The molecule has 0 saturated heterocycles. The van der Waals surface area contributed by atoms with Crippen molar-refractivity contribution in [3.05, 3.63) is 23.9 Å². The van der Waals surface area contributed by atoms with Crippen molar-refractivity contribution in [2.75, 3.05) is 5.73 Å². The van der Waals surface area contributed by atoms with Crippen molar-refractivity contribution in [1.29, 1.82) is 0 Å². The summed E-state index contributed by atoms with van der Waals surface area (Å²) in [5.41, 5.74) is 13.7. The summed E-state index contributed by atoms with van der Waals surface area (Å²) in [6, 6.07) is 1.55. The van der Waals surface area contributed by atoms with Crippen LogP contribution in [0.15, 0.2) is 23.3 Å². The standard InChI is InChI=1S/C19H26F2N4O/c1-9(2)25-14(17-12-5-4-10(3)16(12)17)7-13(22)11-6-15(26-19(20)21)18(23)24-8-11/h6-10,12,16-17,19H,4-5,22H2,1-3H3,(H2,23,24)/t10?,12-,16+,17-/m1/s1. The summed E-state index contributed by atoms with van der Waals surface area (Å²) in [5.74, 6) is 2.25. The van der Waals surface area contributed by atoms with Crippen LogP contribution in [-0.4, -0.2) is 23.3 Å². The second-order valence-electron chi connectivity index (χ2n) is 7.55. The molecule has 1 heterocycles. The number of fused-ring (bicyclic) bond motifs is 1. The van der Waals surface area contributed by atoms with Gasteiger partial charge in [0, 0.05) is 35.1 Å². The van der Waals surface area contributed by atoms with Crippen LogP contribution in [0.25, 0.3) is 5.70 Å². The minimum Gasteiger partial charge on any atom is -0.431 e. The SMILES string of the molecule is CC(C)N=C(C=C(N)c1cnc(N)c(OC(F)F)c1)[C@H]1[C@@H]2CCC(C)[C@@H]21. The minimum atomic E-state index is -2.97. The first-order valence-corrected chi connectivity index (χ1v) is 9.03. The molecule has 2 aliphatic rings. The van der Waals surface area contributed by atoms with E-state index in [0.29, 0.717) is 34.9 Å². The van der Waals surface area contributed by atoms with Gasteiger partial charge < -0.3 is 16.2 Å². The second kappa shape index (κ2) is 7.21. The lowest BCUT2D eigenvalue weighted by atomic mass is 9.98. The molecule has 142 valence electrons. The van der Waals surface area contributed by atoms with Gasteiger partial charge in [-0.15, -0.1) is 0 Å². The Balaban J connectivity index is 1.86. The highest BCUT2D eigenvalue weighted by Crippen LogP contribution is 2.61. The van der Waals surface area contributed by atoms with E-state index in [2.05, 4.69) is 16.6 Å². The van der Waals surface area contributed by atoms with Crippen molar-refractivity contribution in [1.82, 2.24) is 4.98 Å². The van der Waals surface area contributed by atoms with Crippen molar-refractivity contribution in [3.8, 4) is 5.75 Å². The highest BCUT2D eigenvalue weighted by Gasteiger charge is 2.57. The molecule has 4 N–H and O–H groups in total. The number of hydrogen-bond donors (Lipinski definition) is 2. The van der Waals surface area contributed by atoms with Crippen LogP contribution in [0.2, 0.25) is 0 Å². The van der Waals surface area contributed by atoms with Gasteiger partial charge in [-0.3, -0.25) is 4.99 Å². The number of pyridine rings is 1. The van der Waals surface area contributed by atoms with E-state index in [1.807, 2.05) is 19.9 Å². The summed E-state index contributed by atoms with van der Waals surface area (Å²) in [4.78, 5) is 8.68. The van der Waals surface area contributed by atoms with E-state index in [9.17, 15) is 8.78 Å². The number of nitrogens with zero attached hydrogens (tertiary/aromatic N) is 2. The van der Waals surface area contributed by atoms with E-state index in [1.165, 1.54) is 25.1 Å².